The zero-order chi connectivity index (χ0) is 15.4. The second kappa shape index (κ2) is 6.17. The first-order valence-electron chi connectivity index (χ1n) is 6.71. The van der Waals surface area contributed by atoms with Crippen molar-refractivity contribution in [2.75, 3.05) is 5.32 Å². The summed E-state index contributed by atoms with van der Waals surface area (Å²) in [6, 6.07) is 12.5. The van der Waals surface area contributed by atoms with E-state index in [9.17, 15) is 4.79 Å². The predicted molar refractivity (Wildman–Crippen MR) is 79.3 cm³/mol. The number of carbonyl (C=O) groups excluding carboxylic acids is 1. The molecule has 0 atom stereocenters. The van der Waals surface area contributed by atoms with Gasteiger partial charge < -0.3 is 19.0 Å². The Morgan fingerprint density at radius 3 is 2.86 bits per heavy atom. The lowest BCUT2D eigenvalue weighted by molar-refractivity contribution is -0.114. The Bertz CT molecular complexity index is 762. The molecule has 1 N–H and O–H groups in total. The van der Waals surface area contributed by atoms with Crippen LogP contribution in [-0.4, -0.2) is 11.1 Å². The average molecular weight is 298 g/mol. The summed E-state index contributed by atoms with van der Waals surface area (Å²) >= 11 is 0. The van der Waals surface area contributed by atoms with Gasteiger partial charge in [0, 0.05) is 13.0 Å². The minimum atomic E-state index is -0.155. The molecule has 2 heterocycles. The Morgan fingerprint density at radius 2 is 2.09 bits per heavy atom. The highest BCUT2D eigenvalue weighted by molar-refractivity contribution is 5.90. The third-order valence-electron chi connectivity index (χ3n) is 2.90. The standard InChI is InChI=1S/C16H14N2O4/c1-11(19)17-13-5-2-3-6-14(13)21-10-12-9-16(22-18-12)15-7-4-8-20-15/h2-9H,10H2,1H3,(H,17,19). The fourth-order valence-electron chi connectivity index (χ4n) is 1.95. The molecule has 1 aromatic carbocycles. The van der Waals surface area contributed by atoms with Crippen LogP contribution in [0.1, 0.15) is 12.6 Å². The lowest BCUT2D eigenvalue weighted by atomic mass is 10.3. The zero-order valence-corrected chi connectivity index (χ0v) is 11.9. The van der Waals surface area contributed by atoms with Gasteiger partial charge in [-0.05, 0) is 24.3 Å². The number of aromatic nitrogens is 1. The number of benzene rings is 1. The SMILES string of the molecule is CC(=O)Nc1ccccc1OCc1cc(-c2ccco2)on1. The third kappa shape index (κ3) is 3.17. The van der Waals surface area contributed by atoms with Crippen molar-refractivity contribution in [1.29, 1.82) is 0 Å². The van der Waals surface area contributed by atoms with E-state index in [4.69, 9.17) is 13.7 Å². The molecule has 0 fully saturated rings. The van der Waals surface area contributed by atoms with Gasteiger partial charge in [-0.2, -0.15) is 0 Å². The lowest BCUT2D eigenvalue weighted by Gasteiger charge is -2.10. The molecule has 0 saturated heterocycles. The van der Waals surface area contributed by atoms with E-state index >= 15 is 0 Å². The van der Waals surface area contributed by atoms with E-state index < -0.39 is 0 Å². The second-order valence-electron chi connectivity index (χ2n) is 4.63. The van der Waals surface area contributed by atoms with Gasteiger partial charge in [0.05, 0.1) is 12.0 Å². The molecule has 0 aliphatic rings. The predicted octanol–water partition coefficient (Wildman–Crippen LogP) is 3.47. The number of para-hydroxylation sites is 2. The van der Waals surface area contributed by atoms with Crippen LogP contribution in [0.2, 0.25) is 0 Å². The minimum absolute atomic E-state index is 0.155. The molecule has 0 bridgehead atoms. The van der Waals surface area contributed by atoms with Crippen molar-refractivity contribution in [3.63, 3.8) is 0 Å². The monoisotopic (exact) mass is 298 g/mol. The highest BCUT2D eigenvalue weighted by Gasteiger charge is 2.10. The maximum atomic E-state index is 11.2. The summed E-state index contributed by atoms with van der Waals surface area (Å²) < 4.78 is 16.1. The van der Waals surface area contributed by atoms with Crippen molar-refractivity contribution in [3.05, 3.63) is 54.4 Å². The van der Waals surface area contributed by atoms with Crippen LogP contribution < -0.4 is 10.1 Å². The van der Waals surface area contributed by atoms with E-state index in [1.165, 1.54) is 6.92 Å². The zero-order valence-electron chi connectivity index (χ0n) is 11.9. The van der Waals surface area contributed by atoms with Gasteiger partial charge in [-0.25, -0.2) is 0 Å². The molecule has 0 aliphatic carbocycles. The molecule has 6 heteroatoms. The number of hydrogen-bond donors (Lipinski definition) is 1. The molecule has 22 heavy (non-hydrogen) atoms. The highest BCUT2D eigenvalue weighted by atomic mass is 16.5. The summed E-state index contributed by atoms with van der Waals surface area (Å²) in [7, 11) is 0. The van der Waals surface area contributed by atoms with Gasteiger partial charge in [-0.3, -0.25) is 4.79 Å². The van der Waals surface area contributed by atoms with Crippen LogP contribution >= 0.6 is 0 Å². The number of amides is 1. The number of ether oxygens (including phenoxy) is 1. The molecular formula is C16H14N2O4. The molecule has 3 rings (SSSR count). The van der Waals surface area contributed by atoms with Crippen LogP contribution in [0.25, 0.3) is 11.5 Å². The Morgan fingerprint density at radius 1 is 1.23 bits per heavy atom. The van der Waals surface area contributed by atoms with E-state index in [1.807, 2.05) is 12.1 Å². The summed E-state index contributed by atoms with van der Waals surface area (Å²) in [5.41, 5.74) is 1.24. The summed E-state index contributed by atoms with van der Waals surface area (Å²) in [6.07, 6.45) is 1.57. The smallest absolute Gasteiger partial charge is 0.221 e. The molecule has 3 aromatic rings. The number of carbonyl (C=O) groups is 1. The topological polar surface area (TPSA) is 77.5 Å². The first kappa shape index (κ1) is 13.9. The highest BCUT2D eigenvalue weighted by Crippen LogP contribution is 2.25. The first-order valence-corrected chi connectivity index (χ1v) is 6.71. The second-order valence-corrected chi connectivity index (χ2v) is 4.63. The van der Waals surface area contributed by atoms with Crippen LogP contribution in [0.4, 0.5) is 5.69 Å². The van der Waals surface area contributed by atoms with Gasteiger partial charge in [0.25, 0.3) is 0 Å². The van der Waals surface area contributed by atoms with Crippen LogP contribution in [0.15, 0.2) is 57.7 Å². The average Bonchev–Trinajstić information content (AvgIpc) is 3.17. The van der Waals surface area contributed by atoms with Crippen LogP contribution in [0.5, 0.6) is 5.75 Å². The molecule has 1 amide bonds. The fourth-order valence-corrected chi connectivity index (χ4v) is 1.95. The largest absolute Gasteiger partial charge is 0.485 e. The number of furan rings is 1. The van der Waals surface area contributed by atoms with Gasteiger partial charge in [0.2, 0.25) is 11.7 Å². The van der Waals surface area contributed by atoms with Gasteiger partial charge >= 0.3 is 0 Å². The molecule has 6 nitrogen and oxygen atoms in total. The van der Waals surface area contributed by atoms with Crippen molar-refractivity contribution in [1.82, 2.24) is 5.16 Å². The Balaban J connectivity index is 1.69. The number of anilines is 1. The maximum absolute atomic E-state index is 11.2. The summed E-state index contributed by atoms with van der Waals surface area (Å²) in [6.45, 7) is 1.67. The van der Waals surface area contributed by atoms with Gasteiger partial charge in [0.15, 0.2) is 5.76 Å². The van der Waals surface area contributed by atoms with Crippen molar-refractivity contribution in [3.8, 4) is 17.3 Å². The van der Waals surface area contributed by atoms with E-state index in [0.717, 1.165) is 0 Å². The van der Waals surface area contributed by atoms with Crippen molar-refractivity contribution in [2.45, 2.75) is 13.5 Å². The van der Waals surface area contributed by atoms with E-state index in [-0.39, 0.29) is 12.5 Å². The summed E-state index contributed by atoms with van der Waals surface area (Å²) in [4.78, 5) is 11.2. The number of hydrogen-bond acceptors (Lipinski definition) is 5. The molecule has 112 valence electrons. The number of nitrogens with one attached hydrogen (secondary N) is 1. The summed E-state index contributed by atoms with van der Waals surface area (Å²) in [5.74, 6) is 1.56. The molecule has 0 saturated carbocycles. The lowest BCUT2D eigenvalue weighted by Crippen LogP contribution is -2.07. The molecule has 0 aliphatic heterocycles. The van der Waals surface area contributed by atoms with E-state index in [1.54, 1.807) is 36.6 Å². The van der Waals surface area contributed by atoms with E-state index in [0.29, 0.717) is 28.7 Å². The first-order chi connectivity index (χ1) is 10.7. The summed E-state index contributed by atoms with van der Waals surface area (Å²) in [5, 5.41) is 6.64. The van der Waals surface area contributed by atoms with Gasteiger partial charge in [0.1, 0.15) is 18.1 Å². The number of rotatable bonds is 5. The van der Waals surface area contributed by atoms with Crippen LogP contribution in [0, 0.1) is 0 Å². The Labute approximate surface area is 126 Å². The molecular weight excluding hydrogens is 284 g/mol. The minimum Gasteiger partial charge on any atom is -0.485 e. The molecule has 0 spiro atoms. The fraction of sp³-hybridized carbons (Fsp3) is 0.125. The third-order valence-corrected chi connectivity index (χ3v) is 2.90. The van der Waals surface area contributed by atoms with Crippen LogP contribution in [0.3, 0.4) is 0 Å². The Hall–Kier alpha value is -3.02. The van der Waals surface area contributed by atoms with Crippen molar-refractivity contribution < 1.29 is 18.5 Å². The maximum Gasteiger partial charge on any atom is 0.221 e. The molecule has 0 unspecified atom stereocenters. The van der Waals surface area contributed by atoms with E-state index in [2.05, 4.69) is 10.5 Å². The van der Waals surface area contributed by atoms with Gasteiger partial charge in [-0.15, -0.1) is 0 Å². The Kier molecular flexibility index (Phi) is 3.91. The van der Waals surface area contributed by atoms with Crippen LogP contribution in [-0.2, 0) is 11.4 Å². The quantitative estimate of drug-likeness (QED) is 0.780. The molecule has 0 radical (unpaired) electrons. The normalized spacial score (nSPS) is 10.4. The van der Waals surface area contributed by atoms with Gasteiger partial charge in [-0.1, -0.05) is 17.3 Å². The van der Waals surface area contributed by atoms with Crippen molar-refractivity contribution >= 4 is 11.6 Å². The van der Waals surface area contributed by atoms with Crippen molar-refractivity contribution in [2.24, 2.45) is 0 Å². The number of nitrogens with zero attached hydrogens (tertiary/aromatic N) is 1. The molecule has 2 aromatic heterocycles.